The van der Waals surface area contributed by atoms with Gasteiger partial charge in [0, 0.05) is 26.2 Å². The van der Waals surface area contributed by atoms with E-state index in [4.69, 9.17) is 4.74 Å². The molecule has 1 aromatic rings. The summed E-state index contributed by atoms with van der Waals surface area (Å²) in [5, 5.41) is 14.5. The van der Waals surface area contributed by atoms with Crippen LogP contribution in [-0.2, 0) is 11.3 Å². The van der Waals surface area contributed by atoms with Crippen molar-refractivity contribution in [3.8, 4) is 0 Å². The largest absolute Gasteiger partial charge is 0.390 e. The summed E-state index contributed by atoms with van der Waals surface area (Å²) in [5.74, 6) is 0.834. The molecule has 1 aromatic heterocycles. The zero-order valence-electron chi connectivity index (χ0n) is 14.0. The Balaban J connectivity index is 1.40. The maximum atomic E-state index is 10.4. The van der Waals surface area contributed by atoms with Gasteiger partial charge in [0.2, 0.25) is 0 Å². The van der Waals surface area contributed by atoms with Gasteiger partial charge in [0.25, 0.3) is 0 Å². The number of morpholine rings is 1. The van der Waals surface area contributed by atoms with Crippen LogP contribution in [0.1, 0.15) is 19.8 Å². The van der Waals surface area contributed by atoms with Gasteiger partial charge in [-0.2, -0.15) is 5.10 Å². The summed E-state index contributed by atoms with van der Waals surface area (Å²) in [5.41, 5.74) is 0. The number of likely N-dealkylation sites (tertiary alicyclic amines) is 1. The van der Waals surface area contributed by atoms with Crippen molar-refractivity contribution in [3.63, 3.8) is 0 Å². The van der Waals surface area contributed by atoms with Crippen LogP contribution < -0.4 is 0 Å². The number of rotatable bonds is 6. The second-order valence-corrected chi connectivity index (χ2v) is 7.01. The maximum absolute atomic E-state index is 10.4. The van der Waals surface area contributed by atoms with Gasteiger partial charge in [0.05, 0.1) is 25.4 Å². The van der Waals surface area contributed by atoms with Gasteiger partial charge in [-0.1, -0.05) is 6.92 Å². The molecule has 23 heavy (non-hydrogen) atoms. The minimum Gasteiger partial charge on any atom is -0.390 e. The molecule has 1 N–H and O–H groups in total. The van der Waals surface area contributed by atoms with E-state index in [2.05, 4.69) is 26.8 Å². The molecule has 0 radical (unpaired) electrons. The summed E-state index contributed by atoms with van der Waals surface area (Å²) >= 11 is 0. The predicted octanol–water partition coefficient (Wildman–Crippen LogP) is 0.0717. The van der Waals surface area contributed by atoms with Crippen LogP contribution in [0.2, 0.25) is 0 Å². The first-order valence-electron chi connectivity index (χ1n) is 8.76. The molecule has 7 nitrogen and oxygen atoms in total. The minimum absolute atomic E-state index is 0.119. The van der Waals surface area contributed by atoms with Crippen LogP contribution in [0.5, 0.6) is 0 Å². The molecule has 0 spiro atoms. The number of β-amino-alcohol motifs (C(OH)–C–C–N with tert-alkyl or cyclic N) is 1. The first-order valence-corrected chi connectivity index (χ1v) is 8.76. The molecule has 7 heteroatoms. The fourth-order valence-corrected chi connectivity index (χ4v) is 3.49. The van der Waals surface area contributed by atoms with Gasteiger partial charge < -0.3 is 14.7 Å². The molecular formula is C16H29N5O2. The fourth-order valence-electron chi connectivity index (χ4n) is 3.49. The Morgan fingerprint density at radius 3 is 2.74 bits per heavy atom. The first-order chi connectivity index (χ1) is 11.2. The number of aliphatic hydroxyl groups excluding tert-OH is 1. The van der Waals surface area contributed by atoms with E-state index in [0.29, 0.717) is 6.61 Å². The summed E-state index contributed by atoms with van der Waals surface area (Å²) in [6, 6.07) is 0. The molecule has 0 aliphatic carbocycles. The monoisotopic (exact) mass is 323 g/mol. The Bertz CT molecular complexity index is 447. The summed E-state index contributed by atoms with van der Waals surface area (Å²) in [7, 11) is 0. The summed E-state index contributed by atoms with van der Waals surface area (Å²) < 4.78 is 7.61. The normalized spacial score (nSPS) is 26.4. The van der Waals surface area contributed by atoms with Crippen LogP contribution in [0.25, 0.3) is 0 Å². The van der Waals surface area contributed by atoms with Crippen molar-refractivity contribution >= 4 is 0 Å². The van der Waals surface area contributed by atoms with Crippen molar-refractivity contribution in [2.24, 2.45) is 5.92 Å². The Hall–Kier alpha value is -1.02. The van der Waals surface area contributed by atoms with E-state index in [-0.39, 0.29) is 12.2 Å². The third kappa shape index (κ3) is 5.24. The highest BCUT2D eigenvalue weighted by atomic mass is 16.5. The van der Waals surface area contributed by atoms with Crippen molar-refractivity contribution in [1.29, 1.82) is 0 Å². The molecule has 2 aliphatic rings. The molecule has 0 amide bonds. The number of piperidine rings is 1. The lowest BCUT2D eigenvalue weighted by molar-refractivity contribution is -0.0514. The molecule has 2 aliphatic heterocycles. The molecule has 2 unspecified atom stereocenters. The van der Waals surface area contributed by atoms with E-state index in [1.54, 1.807) is 17.3 Å². The van der Waals surface area contributed by atoms with Crippen molar-refractivity contribution in [1.82, 2.24) is 24.6 Å². The Morgan fingerprint density at radius 2 is 2.00 bits per heavy atom. The average Bonchev–Trinajstić information content (AvgIpc) is 3.03. The topological polar surface area (TPSA) is 66.7 Å². The van der Waals surface area contributed by atoms with Crippen LogP contribution in [0, 0.1) is 5.92 Å². The number of hydrogen-bond donors (Lipinski definition) is 1. The summed E-state index contributed by atoms with van der Waals surface area (Å²) in [6.45, 7) is 9.24. The van der Waals surface area contributed by atoms with Crippen molar-refractivity contribution in [2.75, 3.05) is 45.9 Å². The molecule has 0 saturated carbocycles. The molecule has 3 heterocycles. The van der Waals surface area contributed by atoms with Crippen LogP contribution in [0.15, 0.2) is 12.7 Å². The quantitative estimate of drug-likeness (QED) is 0.799. The zero-order valence-corrected chi connectivity index (χ0v) is 14.0. The van der Waals surface area contributed by atoms with Crippen LogP contribution in [0.4, 0.5) is 0 Å². The van der Waals surface area contributed by atoms with Gasteiger partial charge in [0.1, 0.15) is 12.7 Å². The Labute approximate surface area is 138 Å². The third-order valence-corrected chi connectivity index (χ3v) is 4.89. The van der Waals surface area contributed by atoms with Crippen LogP contribution in [-0.4, -0.2) is 87.8 Å². The van der Waals surface area contributed by atoms with Gasteiger partial charge >= 0.3 is 0 Å². The highest BCUT2D eigenvalue weighted by Gasteiger charge is 2.24. The smallest absolute Gasteiger partial charge is 0.137 e. The van der Waals surface area contributed by atoms with E-state index in [9.17, 15) is 5.11 Å². The third-order valence-electron chi connectivity index (χ3n) is 4.89. The fraction of sp³-hybridized carbons (Fsp3) is 0.875. The lowest BCUT2D eigenvalue weighted by Crippen LogP contribution is -2.49. The highest BCUT2D eigenvalue weighted by Crippen LogP contribution is 2.16. The van der Waals surface area contributed by atoms with E-state index in [1.165, 1.54) is 12.8 Å². The second kappa shape index (κ2) is 8.19. The summed E-state index contributed by atoms with van der Waals surface area (Å²) in [6.07, 6.45) is 5.61. The number of nitrogens with zero attached hydrogens (tertiary/aromatic N) is 5. The molecule has 2 saturated heterocycles. The molecule has 130 valence electrons. The lowest BCUT2D eigenvalue weighted by atomic mass is 9.99. The maximum Gasteiger partial charge on any atom is 0.137 e. The second-order valence-electron chi connectivity index (χ2n) is 7.01. The number of ether oxygens (including phenoxy) is 1. The van der Waals surface area contributed by atoms with Gasteiger partial charge in [0.15, 0.2) is 0 Å². The highest BCUT2D eigenvalue weighted by molar-refractivity contribution is 4.78. The van der Waals surface area contributed by atoms with Crippen molar-refractivity contribution in [3.05, 3.63) is 12.7 Å². The number of hydrogen-bond acceptors (Lipinski definition) is 6. The molecule has 2 fully saturated rings. The molecule has 3 rings (SSSR count). The van der Waals surface area contributed by atoms with E-state index in [0.717, 1.165) is 51.7 Å². The van der Waals surface area contributed by atoms with E-state index < -0.39 is 0 Å². The molecule has 0 bridgehead atoms. The van der Waals surface area contributed by atoms with Gasteiger partial charge in [-0.15, -0.1) is 0 Å². The number of aromatic nitrogens is 3. The molecular weight excluding hydrogens is 294 g/mol. The standard InChI is InChI=1S/C16H29N5O2/c1-14-2-4-19(5-3-14)8-15(22)9-20-6-7-23-16(10-20)11-21-13-17-12-18-21/h12-16,22H,2-11H2,1H3. The SMILES string of the molecule is CC1CCN(CC(O)CN2CCOC(Cn3cncn3)C2)CC1. The van der Waals surface area contributed by atoms with Gasteiger partial charge in [-0.3, -0.25) is 9.58 Å². The Morgan fingerprint density at radius 1 is 1.22 bits per heavy atom. The number of aliphatic hydroxyl groups is 1. The van der Waals surface area contributed by atoms with Crippen molar-refractivity contribution in [2.45, 2.75) is 38.5 Å². The molecule has 2 atom stereocenters. The van der Waals surface area contributed by atoms with E-state index in [1.807, 2.05) is 0 Å². The Kier molecular flexibility index (Phi) is 5.99. The zero-order chi connectivity index (χ0) is 16.1. The van der Waals surface area contributed by atoms with Gasteiger partial charge in [-0.25, -0.2) is 4.98 Å². The van der Waals surface area contributed by atoms with Crippen LogP contribution >= 0.6 is 0 Å². The van der Waals surface area contributed by atoms with Crippen LogP contribution in [0.3, 0.4) is 0 Å². The van der Waals surface area contributed by atoms with Crippen molar-refractivity contribution < 1.29 is 9.84 Å². The first kappa shape index (κ1) is 16.8. The molecule has 0 aromatic carbocycles. The average molecular weight is 323 g/mol. The van der Waals surface area contributed by atoms with E-state index >= 15 is 0 Å². The lowest BCUT2D eigenvalue weighted by Gasteiger charge is -2.36. The predicted molar refractivity (Wildman–Crippen MR) is 87.0 cm³/mol. The van der Waals surface area contributed by atoms with Gasteiger partial charge in [-0.05, 0) is 31.8 Å². The summed E-state index contributed by atoms with van der Waals surface area (Å²) in [4.78, 5) is 8.67. The minimum atomic E-state index is -0.284.